The normalized spacial score (nSPS) is 11.6. The van der Waals surface area contributed by atoms with Crippen molar-refractivity contribution in [1.82, 2.24) is 4.57 Å². The lowest BCUT2D eigenvalue weighted by Crippen LogP contribution is -2.13. The molecule has 0 saturated carbocycles. The predicted molar refractivity (Wildman–Crippen MR) is 311 cm³/mol. The molecule has 3 heterocycles. The molecule has 0 aliphatic heterocycles. The molecule has 0 aliphatic carbocycles. The summed E-state index contributed by atoms with van der Waals surface area (Å²) < 4.78 is 7.36. The number of hydrogen-bond donors (Lipinski definition) is 0. The standard InChI is InChI=1S/C66H44N4S2/c1-6-21-45(22-7-1)67(46-23-8-2-9-24-46)50-38-40-63-57(42-50)65-61(43-52(44-64(65)71-63)69(48-27-12-4-13-28-48)60-35-20-33-55-54-32-17-19-36-62(54)72-66(55)60)68(47-25-10-3-11-26-47)51-37-39-59-56(41-51)53-31-16-18-34-58(53)70(59)49-29-14-5-15-30-49/h1-44H. The fraction of sp³-hybridized carbons (Fsp3) is 0. The van der Waals surface area contributed by atoms with Crippen molar-refractivity contribution in [2.75, 3.05) is 14.7 Å². The molecule has 0 atom stereocenters. The lowest BCUT2D eigenvalue weighted by atomic mass is 10.0. The van der Waals surface area contributed by atoms with Crippen molar-refractivity contribution >= 4 is 136 Å². The van der Waals surface area contributed by atoms with Crippen molar-refractivity contribution in [3.8, 4) is 5.69 Å². The van der Waals surface area contributed by atoms with E-state index in [0.717, 1.165) is 62.4 Å². The van der Waals surface area contributed by atoms with E-state index < -0.39 is 0 Å². The second-order valence-electron chi connectivity index (χ2n) is 18.1. The number of anilines is 9. The zero-order chi connectivity index (χ0) is 47.5. The van der Waals surface area contributed by atoms with Crippen LogP contribution < -0.4 is 14.7 Å². The maximum atomic E-state index is 2.49. The quantitative estimate of drug-likeness (QED) is 0.136. The van der Waals surface area contributed by atoms with Gasteiger partial charge in [0.1, 0.15) is 0 Å². The summed E-state index contributed by atoms with van der Waals surface area (Å²) in [4.78, 5) is 7.34. The van der Waals surface area contributed by atoms with E-state index in [-0.39, 0.29) is 0 Å². The Kier molecular flexibility index (Phi) is 10.2. The van der Waals surface area contributed by atoms with Gasteiger partial charge >= 0.3 is 0 Å². The van der Waals surface area contributed by atoms with Crippen molar-refractivity contribution < 1.29 is 0 Å². The van der Waals surface area contributed by atoms with Crippen LogP contribution in [0.4, 0.5) is 51.2 Å². The first-order valence-corrected chi connectivity index (χ1v) is 26.0. The highest BCUT2D eigenvalue weighted by atomic mass is 32.1. The lowest BCUT2D eigenvalue weighted by Gasteiger charge is -2.30. The summed E-state index contributed by atoms with van der Waals surface area (Å²) >= 11 is 3.72. The number of aromatic nitrogens is 1. The van der Waals surface area contributed by atoms with Crippen LogP contribution >= 0.6 is 22.7 Å². The van der Waals surface area contributed by atoms with E-state index in [1.807, 2.05) is 22.7 Å². The number of thiophene rings is 2. The third-order valence-corrected chi connectivity index (χ3v) is 16.2. The van der Waals surface area contributed by atoms with E-state index in [1.54, 1.807) is 0 Å². The average molecular weight is 957 g/mol. The molecule has 14 aromatic rings. The highest BCUT2D eigenvalue weighted by Crippen LogP contribution is 2.52. The molecule has 72 heavy (non-hydrogen) atoms. The van der Waals surface area contributed by atoms with Gasteiger partial charge in [-0.2, -0.15) is 0 Å². The molecule has 0 bridgehead atoms. The van der Waals surface area contributed by atoms with Crippen molar-refractivity contribution in [3.63, 3.8) is 0 Å². The molecule has 0 aliphatic rings. The minimum Gasteiger partial charge on any atom is -0.310 e. The number of fused-ring (bicyclic) bond motifs is 9. The van der Waals surface area contributed by atoms with Crippen molar-refractivity contribution in [2.24, 2.45) is 0 Å². The molecule has 0 N–H and O–H groups in total. The fourth-order valence-corrected chi connectivity index (χ4v) is 13.1. The Morgan fingerprint density at radius 3 is 1.44 bits per heavy atom. The van der Waals surface area contributed by atoms with Crippen molar-refractivity contribution in [3.05, 3.63) is 267 Å². The molecule has 0 unspecified atom stereocenters. The number of rotatable bonds is 10. The lowest BCUT2D eigenvalue weighted by molar-refractivity contribution is 1.18. The third-order valence-electron chi connectivity index (χ3n) is 13.9. The Hall–Kier alpha value is -8.94. The first-order valence-electron chi connectivity index (χ1n) is 24.3. The maximum Gasteiger partial charge on any atom is 0.0640 e. The van der Waals surface area contributed by atoms with E-state index in [2.05, 4.69) is 286 Å². The Morgan fingerprint density at radius 1 is 0.264 bits per heavy atom. The van der Waals surface area contributed by atoms with Gasteiger partial charge in [0, 0.05) is 91.9 Å². The van der Waals surface area contributed by atoms with Gasteiger partial charge in [-0.05, 0) is 127 Å². The Bertz CT molecular complexity index is 4240. The van der Waals surface area contributed by atoms with E-state index in [1.165, 1.54) is 56.6 Å². The van der Waals surface area contributed by atoms with Gasteiger partial charge in [-0.25, -0.2) is 0 Å². The Balaban J connectivity index is 1.07. The largest absolute Gasteiger partial charge is 0.310 e. The number of para-hydroxylation sites is 6. The van der Waals surface area contributed by atoms with Crippen LogP contribution in [-0.4, -0.2) is 4.57 Å². The second-order valence-corrected chi connectivity index (χ2v) is 20.2. The zero-order valence-electron chi connectivity index (χ0n) is 39.0. The molecule has 4 nitrogen and oxygen atoms in total. The van der Waals surface area contributed by atoms with E-state index in [4.69, 9.17) is 0 Å². The van der Waals surface area contributed by atoms with Gasteiger partial charge in [0.25, 0.3) is 0 Å². The minimum absolute atomic E-state index is 1.07. The van der Waals surface area contributed by atoms with E-state index in [9.17, 15) is 0 Å². The number of benzene rings is 11. The fourth-order valence-electron chi connectivity index (χ4n) is 10.8. The molecule has 340 valence electrons. The third kappa shape index (κ3) is 7.03. The number of nitrogens with zero attached hydrogens (tertiary/aromatic N) is 4. The van der Waals surface area contributed by atoms with Gasteiger partial charge < -0.3 is 19.3 Å². The zero-order valence-corrected chi connectivity index (χ0v) is 40.6. The van der Waals surface area contributed by atoms with Gasteiger partial charge in [0.05, 0.1) is 27.1 Å². The topological polar surface area (TPSA) is 14.7 Å². The van der Waals surface area contributed by atoms with Gasteiger partial charge in [-0.3, -0.25) is 0 Å². The van der Waals surface area contributed by atoms with Gasteiger partial charge in [-0.1, -0.05) is 140 Å². The summed E-state index contributed by atoms with van der Waals surface area (Å²) in [6, 6.07) is 97.2. The molecule has 11 aromatic carbocycles. The van der Waals surface area contributed by atoms with Gasteiger partial charge in [0.15, 0.2) is 0 Å². The first kappa shape index (κ1) is 42.0. The Morgan fingerprint density at radius 2 is 0.764 bits per heavy atom. The SMILES string of the molecule is c1ccc(N(c2ccccc2)c2ccc3sc4cc(N(c5ccccc5)c5cccc6c5sc5ccccc56)cc(N(c5ccccc5)c5ccc6c(c5)c5ccccc5n6-c5ccccc5)c4c3c2)cc1. The van der Waals surface area contributed by atoms with Crippen LogP contribution in [0, 0.1) is 0 Å². The average Bonchev–Trinajstić information content (AvgIpc) is 4.12. The maximum absolute atomic E-state index is 2.49. The van der Waals surface area contributed by atoms with E-state index in [0.29, 0.717) is 0 Å². The summed E-state index contributed by atoms with van der Waals surface area (Å²) in [7, 11) is 0. The molecule has 0 amide bonds. The van der Waals surface area contributed by atoms with Crippen LogP contribution in [0.15, 0.2) is 267 Å². The van der Waals surface area contributed by atoms with Crippen LogP contribution in [0.1, 0.15) is 0 Å². The smallest absolute Gasteiger partial charge is 0.0640 e. The molecule has 3 aromatic heterocycles. The molecule has 14 rings (SSSR count). The van der Waals surface area contributed by atoms with Crippen molar-refractivity contribution in [1.29, 1.82) is 0 Å². The number of hydrogen-bond acceptors (Lipinski definition) is 5. The molecular formula is C66H44N4S2. The Labute approximate surface area is 425 Å². The van der Waals surface area contributed by atoms with Crippen LogP contribution in [0.3, 0.4) is 0 Å². The molecule has 0 saturated heterocycles. The molecule has 6 heteroatoms. The van der Waals surface area contributed by atoms with Gasteiger partial charge in [0.2, 0.25) is 0 Å². The van der Waals surface area contributed by atoms with Crippen molar-refractivity contribution in [2.45, 2.75) is 0 Å². The summed E-state index contributed by atoms with van der Waals surface area (Å²) in [5.74, 6) is 0. The highest BCUT2D eigenvalue weighted by molar-refractivity contribution is 7.26. The summed E-state index contributed by atoms with van der Waals surface area (Å²) in [6.07, 6.45) is 0. The summed E-state index contributed by atoms with van der Waals surface area (Å²) in [5, 5.41) is 7.35. The summed E-state index contributed by atoms with van der Waals surface area (Å²) in [5.41, 5.74) is 13.4. The van der Waals surface area contributed by atoms with Crippen LogP contribution in [0.25, 0.3) is 67.8 Å². The first-order chi connectivity index (χ1) is 35.7. The molecule has 0 fully saturated rings. The van der Waals surface area contributed by atoms with Crippen LogP contribution in [0.5, 0.6) is 0 Å². The highest BCUT2D eigenvalue weighted by Gasteiger charge is 2.26. The monoisotopic (exact) mass is 956 g/mol. The molecular weight excluding hydrogens is 913 g/mol. The van der Waals surface area contributed by atoms with E-state index >= 15 is 0 Å². The van der Waals surface area contributed by atoms with Gasteiger partial charge in [-0.15, -0.1) is 22.7 Å². The van der Waals surface area contributed by atoms with Crippen LogP contribution in [-0.2, 0) is 0 Å². The minimum atomic E-state index is 1.07. The predicted octanol–water partition coefficient (Wildman–Crippen LogP) is 19.9. The second kappa shape index (κ2) is 17.5. The van der Waals surface area contributed by atoms with Crippen LogP contribution in [0.2, 0.25) is 0 Å². The molecule has 0 radical (unpaired) electrons. The molecule has 0 spiro atoms. The summed E-state index contributed by atoms with van der Waals surface area (Å²) in [6.45, 7) is 0.